The van der Waals surface area contributed by atoms with Crippen LogP contribution in [0.5, 0.6) is 5.75 Å². The Balaban J connectivity index is 1.31. The number of pyridine rings is 1. The van der Waals surface area contributed by atoms with E-state index in [-0.39, 0.29) is 5.91 Å². The van der Waals surface area contributed by atoms with Crippen LogP contribution < -0.4 is 15.0 Å². The Hall–Kier alpha value is -3.39. The van der Waals surface area contributed by atoms with Crippen LogP contribution in [0.25, 0.3) is 11.5 Å². The molecule has 6 rings (SSSR count). The van der Waals surface area contributed by atoms with Crippen LogP contribution in [0.4, 0.5) is 11.5 Å². The number of ether oxygens (including phenoxy) is 2. The molecule has 0 aliphatic carbocycles. The number of rotatable bonds is 1. The number of hydrogen-bond donors (Lipinski definition) is 1. The minimum Gasteiger partial charge on any atom is -0.493 e. The monoisotopic (exact) mass is 431 g/mol. The number of aryl methyl sites for hydroxylation is 1. The van der Waals surface area contributed by atoms with Gasteiger partial charge in [-0.2, -0.15) is 0 Å². The van der Waals surface area contributed by atoms with Gasteiger partial charge in [-0.3, -0.25) is 4.79 Å². The molecule has 8 nitrogen and oxygen atoms in total. The number of fused-ring (bicyclic) bond motifs is 5. The summed E-state index contributed by atoms with van der Waals surface area (Å²) >= 11 is 0. The second-order valence-corrected chi connectivity index (χ2v) is 8.89. The summed E-state index contributed by atoms with van der Waals surface area (Å²) in [5.41, 5.74) is 2.61. The lowest BCUT2D eigenvalue weighted by Gasteiger charge is -2.56. The van der Waals surface area contributed by atoms with Gasteiger partial charge in [0.05, 0.1) is 30.8 Å². The largest absolute Gasteiger partial charge is 0.493 e. The van der Waals surface area contributed by atoms with E-state index in [1.54, 1.807) is 12.3 Å². The van der Waals surface area contributed by atoms with Crippen molar-refractivity contribution in [2.45, 2.75) is 19.4 Å². The third-order valence-electron chi connectivity index (χ3n) is 6.43. The molecule has 1 spiro atoms. The van der Waals surface area contributed by atoms with Crippen LogP contribution in [0.15, 0.2) is 48.8 Å². The van der Waals surface area contributed by atoms with E-state index in [9.17, 15) is 4.79 Å². The molecule has 1 amide bonds. The van der Waals surface area contributed by atoms with Crippen molar-refractivity contribution < 1.29 is 14.3 Å². The van der Waals surface area contributed by atoms with Crippen LogP contribution in [-0.4, -0.2) is 53.4 Å². The molecular weight excluding hydrogens is 406 g/mol. The zero-order chi connectivity index (χ0) is 21.5. The van der Waals surface area contributed by atoms with Gasteiger partial charge in [0.2, 0.25) is 0 Å². The number of carbonyl (C=O) groups is 1. The summed E-state index contributed by atoms with van der Waals surface area (Å²) in [5, 5.41) is 2.95. The van der Waals surface area contributed by atoms with Crippen LogP contribution in [0, 0.1) is 5.41 Å². The Kier molecular flexibility index (Phi) is 4.61. The van der Waals surface area contributed by atoms with Gasteiger partial charge in [-0.05, 0) is 43.2 Å². The topological polar surface area (TPSA) is 81.5 Å². The summed E-state index contributed by atoms with van der Waals surface area (Å²) in [6, 6.07) is 11.5. The van der Waals surface area contributed by atoms with Crippen LogP contribution in [0.1, 0.15) is 23.2 Å². The first-order valence-corrected chi connectivity index (χ1v) is 11.1. The number of carbonyl (C=O) groups excluding carboxylic acids is 1. The molecule has 3 aromatic rings. The number of imidazole rings is 1. The number of benzene rings is 1. The number of anilines is 2. The number of aromatic nitrogens is 3. The van der Waals surface area contributed by atoms with Crippen LogP contribution in [0.3, 0.4) is 0 Å². The summed E-state index contributed by atoms with van der Waals surface area (Å²) in [6.07, 6.45) is 5.56. The van der Waals surface area contributed by atoms with Gasteiger partial charge in [0.25, 0.3) is 5.91 Å². The highest BCUT2D eigenvalue weighted by Crippen LogP contribution is 2.41. The van der Waals surface area contributed by atoms with Crippen molar-refractivity contribution in [2.75, 3.05) is 43.1 Å². The number of nitrogens with one attached hydrogen (secondary N) is 1. The average molecular weight is 431 g/mol. The van der Waals surface area contributed by atoms with Gasteiger partial charge in [0, 0.05) is 37.7 Å². The van der Waals surface area contributed by atoms with Gasteiger partial charge in [-0.1, -0.05) is 6.07 Å². The van der Waals surface area contributed by atoms with Gasteiger partial charge in [-0.15, -0.1) is 0 Å². The Bertz CT molecular complexity index is 1160. The zero-order valence-corrected chi connectivity index (χ0v) is 17.8. The molecule has 0 radical (unpaired) electrons. The number of hydrogen-bond acceptors (Lipinski definition) is 6. The van der Waals surface area contributed by atoms with E-state index in [4.69, 9.17) is 9.47 Å². The lowest BCUT2D eigenvalue weighted by molar-refractivity contribution is -0.127. The fraction of sp³-hybridized carbons (Fsp3) is 0.375. The van der Waals surface area contributed by atoms with Crippen molar-refractivity contribution >= 4 is 17.4 Å². The highest BCUT2D eigenvalue weighted by atomic mass is 16.5. The second-order valence-electron chi connectivity index (χ2n) is 8.89. The molecule has 2 aromatic heterocycles. The second kappa shape index (κ2) is 7.63. The molecule has 1 N–H and O–H groups in total. The summed E-state index contributed by atoms with van der Waals surface area (Å²) in [5.74, 6) is 1.66. The van der Waals surface area contributed by atoms with E-state index in [1.165, 1.54) is 0 Å². The first kappa shape index (κ1) is 19.3. The molecule has 3 aliphatic heterocycles. The van der Waals surface area contributed by atoms with Crippen molar-refractivity contribution in [1.29, 1.82) is 0 Å². The van der Waals surface area contributed by atoms with Crippen LogP contribution >= 0.6 is 0 Å². The van der Waals surface area contributed by atoms with Gasteiger partial charge in [-0.25, -0.2) is 9.97 Å². The van der Waals surface area contributed by atoms with Gasteiger partial charge in [0.1, 0.15) is 17.3 Å². The average Bonchev–Trinajstić information content (AvgIpc) is 3.20. The van der Waals surface area contributed by atoms with Crippen molar-refractivity contribution in [1.82, 2.24) is 14.5 Å². The maximum absolute atomic E-state index is 13.3. The number of nitrogens with zero attached hydrogens (tertiary/aromatic N) is 4. The molecule has 5 heterocycles. The smallest absolute Gasteiger partial charge is 0.260 e. The standard InChI is InChI=1S/C24H25N5O3/c30-23-18-12-17(29-13-24(14-29)15-31-16-24)6-7-20(18)32-11-2-1-9-28-10-8-25-22(28)19-4-3-5-21(26-19)27-23/h3-8,10,12H,1-2,9,11,13-16H2,(H,26,27,30). The van der Waals surface area contributed by atoms with Crippen molar-refractivity contribution in [3.63, 3.8) is 0 Å². The lowest BCUT2D eigenvalue weighted by atomic mass is 9.77. The highest BCUT2D eigenvalue weighted by molar-refractivity contribution is 6.06. The first-order valence-electron chi connectivity index (χ1n) is 11.1. The fourth-order valence-electron chi connectivity index (χ4n) is 4.64. The summed E-state index contributed by atoms with van der Waals surface area (Å²) < 4.78 is 13.5. The highest BCUT2D eigenvalue weighted by Gasteiger charge is 2.49. The van der Waals surface area contributed by atoms with Crippen molar-refractivity contribution in [2.24, 2.45) is 5.41 Å². The molecule has 32 heavy (non-hydrogen) atoms. The molecule has 8 heteroatoms. The predicted molar refractivity (Wildman–Crippen MR) is 120 cm³/mol. The summed E-state index contributed by atoms with van der Waals surface area (Å²) in [6.45, 7) is 4.98. The van der Waals surface area contributed by atoms with E-state index in [1.807, 2.05) is 36.5 Å². The minimum atomic E-state index is -0.228. The molecule has 0 atom stereocenters. The van der Waals surface area contributed by atoms with E-state index in [0.717, 1.165) is 62.9 Å². The predicted octanol–water partition coefficient (Wildman–Crippen LogP) is 3.21. The molecule has 1 aromatic carbocycles. The molecular formula is C24H25N5O3. The zero-order valence-electron chi connectivity index (χ0n) is 17.8. The molecule has 2 fully saturated rings. The molecule has 2 bridgehead atoms. The van der Waals surface area contributed by atoms with Gasteiger partial charge >= 0.3 is 0 Å². The molecule has 3 aliphatic rings. The van der Waals surface area contributed by atoms with E-state index >= 15 is 0 Å². The molecule has 0 saturated carbocycles. The lowest BCUT2D eigenvalue weighted by Crippen LogP contribution is -2.66. The summed E-state index contributed by atoms with van der Waals surface area (Å²) in [4.78, 5) is 24.7. The van der Waals surface area contributed by atoms with E-state index < -0.39 is 0 Å². The molecule has 0 unspecified atom stereocenters. The Morgan fingerprint density at radius 1 is 1.09 bits per heavy atom. The first-order chi connectivity index (χ1) is 15.7. The molecule has 164 valence electrons. The fourth-order valence-corrected chi connectivity index (χ4v) is 4.64. The van der Waals surface area contributed by atoms with Crippen LogP contribution in [-0.2, 0) is 11.3 Å². The maximum atomic E-state index is 13.3. The summed E-state index contributed by atoms with van der Waals surface area (Å²) in [7, 11) is 0. The van der Waals surface area contributed by atoms with E-state index in [2.05, 4.69) is 24.8 Å². The minimum absolute atomic E-state index is 0.228. The molecule has 2 saturated heterocycles. The van der Waals surface area contributed by atoms with Gasteiger partial charge < -0.3 is 24.3 Å². The SMILES string of the molecule is O=C1Nc2cccc(n2)-c2nccn2CCCCOc2ccc(N3CC4(COC4)C3)cc21. The number of amides is 1. The van der Waals surface area contributed by atoms with E-state index in [0.29, 0.717) is 29.2 Å². The van der Waals surface area contributed by atoms with Crippen LogP contribution in [0.2, 0.25) is 0 Å². The Labute approximate surface area is 186 Å². The van der Waals surface area contributed by atoms with Gasteiger partial charge in [0.15, 0.2) is 5.82 Å². The Morgan fingerprint density at radius 2 is 2.00 bits per heavy atom. The normalized spacial score (nSPS) is 19.5. The Morgan fingerprint density at radius 3 is 2.84 bits per heavy atom. The quantitative estimate of drug-likeness (QED) is 0.637. The van der Waals surface area contributed by atoms with Crippen molar-refractivity contribution in [3.8, 4) is 17.3 Å². The third kappa shape index (κ3) is 3.40. The maximum Gasteiger partial charge on any atom is 0.260 e. The third-order valence-corrected chi connectivity index (χ3v) is 6.43. The van der Waals surface area contributed by atoms with Crippen molar-refractivity contribution in [3.05, 3.63) is 54.4 Å².